The zero-order chi connectivity index (χ0) is 28.0. The molecule has 2 heterocycles. The minimum atomic E-state index is -0.472. The van der Waals surface area contributed by atoms with Gasteiger partial charge in [-0.05, 0) is 115 Å². The third-order valence-corrected chi connectivity index (χ3v) is 9.54. The summed E-state index contributed by atoms with van der Waals surface area (Å²) in [4.78, 5) is 33.0. The van der Waals surface area contributed by atoms with Gasteiger partial charge in [-0.15, -0.1) is 0 Å². The largest absolute Gasteiger partial charge is 0.366 e. The second-order valence-electron chi connectivity index (χ2n) is 11.4. The summed E-state index contributed by atoms with van der Waals surface area (Å²) in [6.07, 6.45) is 3.13. The lowest BCUT2D eigenvalue weighted by atomic mass is 9.93. The summed E-state index contributed by atoms with van der Waals surface area (Å²) in [5, 5.41) is 0.915. The van der Waals surface area contributed by atoms with Crippen LogP contribution in [0.15, 0.2) is 48.5 Å². The molecule has 0 bridgehead atoms. The number of piperidine rings is 1. The van der Waals surface area contributed by atoms with E-state index in [1.165, 1.54) is 25.9 Å². The molecule has 6 rings (SSSR count). The van der Waals surface area contributed by atoms with Gasteiger partial charge < -0.3 is 15.5 Å². The fraction of sp³-hybridized carbons (Fsp3) is 0.375. The first kappa shape index (κ1) is 27.3. The highest BCUT2D eigenvalue weighted by Crippen LogP contribution is 2.42. The van der Waals surface area contributed by atoms with E-state index in [-0.39, 0.29) is 5.91 Å². The standard InChI is InChI=1S/C32H34Cl2N4O2/c1-36-8-6-20(7-9-36)19-37-10-12-38(13-11-37)32(40)23-3-2-22-14-27-26(25(22)15-23)16-24(17-28(27)31(35)39)21-4-5-29(33)30(34)18-21/h2-5,15-18,20H,6-14,19H2,1H3,(H2,35,39). The van der Waals surface area contributed by atoms with E-state index in [4.69, 9.17) is 28.9 Å². The number of carbonyl (C=O) groups is 2. The zero-order valence-corrected chi connectivity index (χ0v) is 24.3. The SMILES string of the molecule is CN1CCC(CN2CCN(C(=O)c3ccc4c(c3)-c3cc(-c5ccc(Cl)c(Cl)c5)cc(C(N)=O)c3C4)CC2)CC1. The normalized spacial score (nSPS) is 18.0. The van der Waals surface area contributed by atoms with Crippen molar-refractivity contribution in [2.75, 3.05) is 52.9 Å². The zero-order valence-electron chi connectivity index (χ0n) is 22.8. The maximum Gasteiger partial charge on any atom is 0.253 e. The molecule has 2 amide bonds. The third kappa shape index (κ3) is 5.38. The van der Waals surface area contributed by atoms with Crippen molar-refractivity contribution in [2.45, 2.75) is 19.3 Å². The quantitative estimate of drug-likeness (QED) is 0.344. The lowest BCUT2D eigenvalue weighted by Gasteiger charge is -2.38. The predicted molar refractivity (Wildman–Crippen MR) is 161 cm³/mol. The van der Waals surface area contributed by atoms with Crippen LogP contribution in [0, 0.1) is 5.92 Å². The van der Waals surface area contributed by atoms with Crippen LogP contribution in [-0.4, -0.2) is 79.4 Å². The summed E-state index contributed by atoms with van der Waals surface area (Å²) < 4.78 is 0. The van der Waals surface area contributed by atoms with Crippen LogP contribution >= 0.6 is 23.2 Å². The topological polar surface area (TPSA) is 69.9 Å². The molecule has 1 aliphatic carbocycles. The van der Waals surface area contributed by atoms with E-state index in [9.17, 15) is 9.59 Å². The number of piperazine rings is 1. The second kappa shape index (κ2) is 11.2. The van der Waals surface area contributed by atoms with E-state index in [1.807, 2.05) is 35.2 Å². The van der Waals surface area contributed by atoms with Crippen LogP contribution < -0.4 is 5.73 Å². The number of halogens is 2. The Hall–Kier alpha value is -2.90. The highest BCUT2D eigenvalue weighted by atomic mass is 35.5. The van der Waals surface area contributed by atoms with Crippen molar-refractivity contribution in [1.82, 2.24) is 14.7 Å². The van der Waals surface area contributed by atoms with Crippen molar-refractivity contribution in [1.29, 1.82) is 0 Å². The summed E-state index contributed by atoms with van der Waals surface area (Å²) in [6.45, 7) is 6.82. The summed E-state index contributed by atoms with van der Waals surface area (Å²) in [5.41, 5.74) is 12.6. The number of hydrogen-bond acceptors (Lipinski definition) is 4. The fourth-order valence-electron chi connectivity index (χ4n) is 6.40. The molecule has 0 aromatic heterocycles. The molecule has 0 radical (unpaired) electrons. The predicted octanol–water partition coefficient (Wildman–Crippen LogP) is 5.43. The number of hydrogen-bond donors (Lipinski definition) is 1. The van der Waals surface area contributed by atoms with Crippen LogP contribution in [-0.2, 0) is 6.42 Å². The summed E-state index contributed by atoms with van der Waals surface area (Å²) >= 11 is 12.4. The number of nitrogens with two attached hydrogens (primary N) is 1. The Morgan fingerprint density at radius 3 is 2.30 bits per heavy atom. The van der Waals surface area contributed by atoms with E-state index >= 15 is 0 Å². The van der Waals surface area contributed by atoms with Crippen LogP contribution in [0.4, 0.5) is 0 Å². The first-order valence-corrected chi connectivity index (χ1v) is 14.8. The first-order chi connectivity index (χ1) is 19.3. The Bertz CT molecular complexity index is 1470. The Kier molecular flexibility index (Phi) is 7.62. The van der Waals surface area contributed by atoms with Gasteiger partial charge in [-0.2, -0.15) is 0 Å². The molecule has 40 heavy (non-hydrogen) atoms. The molecule has 0 saturated carbocycles. The summed E-state index contributed by atoms with van der Waals surface area (Å²) in [6, 6.07) is 15.2. The van der Waals surface area contributed by atoms with Crippen molar-refractivity contribution in [3.8, 4) is 22.3 Å². The average molecular weight is 578 g/mol. The third-order valence-electron chi connectivity index (χ3n) is 8.80. The van der Waals surface area contributed by atoms with Crippen LogP contribution in [0.25, 0.3) is 22.3 Å². The summed E-state index contributed by atoms with van der Waals surface area (Å²) in [7, 11) is 2.20. The minimum absolute atomic E-state index is 0.0611. The van der Waals surface area contributed by atoms with Crippen molar-refractivity contribution in [3.63, 3.8) is 0 Å². The molecule has 2 fully saturated rings. The van der Waals surface area contributed by atoms with Crippen molar-refractivity contribution >= 4 is 35.0 Å². The highest BCUT2D eigenvalue weighted by Gasteiger charge is 2.28. The van der Waals surface area contributed by atoms with Gasteiger partial charge in [0.2, 0.25) is 5.91 Å². The molecule has 2 saturated heterocycles. The van der Waals surface area contributed by atoms with E-state index in [0.29, 0.717) is 27.6 Å². The van der Waals surface area contributed by atoms with Crippen LogP contribution in [0.5, 0.6) is 0 Å². The number of carbonyl (C=O) groups excluding carboxylic acids is 2. The van der Waals surface area contributed by atoms with E-state index in [0.717, 1.165) is 72.0 Å². The van der Waals surface area contributed by atoms with Gasteiger partial charge in [0, 0.05) is 43.9 Å². The van der Waals surface area contributed by atoms with E-state index in [2.05, 4.69) is 22.9 Å². The Balaban J connectivity index is 1.22. The molecule has 3 aliphatic rings. The molecule has 2 aliphatic heterocycles. The van der Waals surface area contributed by atoms with Crippen molar-refractivity contribution < 1.29 is 9.59 Å². The molecule has 3 aromatic carbocycles. The smallest absolute Gasteiger partial charge is 0.253 e. The Morgan fingerprint density at radius 2 is 1.60 bits per heavy atom. The Labute approximate surface area is 245 Å². The lowest BCUT2D eigenvalue weighted by Crippen LogP contribution is -2.50. The molecule has 208 valence electrons. The van der Waals surface area contributed by atoms with Crippen LogP contribution in [0.3, 0.4) is 0 Å². The van der Waals surface area contributed by atoms with Gasteiger partial charge in [-0.3, -0.25) is 14.5 Å². The van der Waals surface area contributed by atoms with Gasteiger partial charge >= 0.3 is 0 Å². The van der Waals surface area contributed by atoms with Gasteiger partial charge in [0.25, 0.3) is 5.91 Å². The molecule has 0 spiro atoms. The van der Waals surface area contributed by atoms with Gasteiger partial charge in [0.1, 0.15) is 0 Å². The number of primary amides is 1. The number of nitrogens with zero attached hydrogens (tertiary/aromatic N) is 3. The molecule has 8 heteroatoms. The minimum Gasteiger partial charge on any atom is -0.366 e. The maximum absolute atomic E-state index is 13.6. The van der Waals surface area contributed by atoms with E-state index < -0.39 is 5.91 Å². The molecule has 6 nitrogen and oxygen atoms in total. The number of benzene rings is 3. The fourth-order valence-corrected chi connectivity index (χ4v) is 6.69. The first-order valence-electron chi connectivity index (χ1n) is 14.0. The van der Waals surface area contributed by atoms with Crippen molar-refractivity contribution in [3.05, 3.63) is 80.8 Å². The van der Waals surface area contributed by atoms with Gasteiger partial charge in [-0.1, -0.05) is 35.3 Å². The van der Waals surface area contributed by atoms with Gasteiger partial charge in [0.15, 0.2) is 0 Å². The van der Waals surface area contributed by atoms with Crippen LogP contribution in [0.1, 0.15) is 44.7 Å². The van der Waals surface area contributed by atoms with Crippen LogP contribution in [0.2, 0.25) is 10.0 Å². The Morgan fingerprint density at radius 1 is 0.850 bits per heavy atom. The number of likely N-dealkylation sites (tertiary alicyclic amines) is 1. The lowest BCUT2D eigenvalue weighted by molar-refractivity contribution is 0.0594. The molecular weight excluding hydrogens is 543 g/mol. The number of fused-ring (bicyclic) bond motifs is 3. The highest BCUT2D eigenvalue weighted by molar-refractivity contribution is 6.42. The molecular formula is C32H34Cl2N4O2. The summed E-state index contributed by atoms with van der Waals surface area (Å²) in [5.74, 6) is 0.348. The van der Waals surface area contributed by atoms with Gasteiger partial charge in [-0.25, -0.2) is 0 Å². The second-order valence-corrected chi connectivity index (χ2v) is 12.2. The number of rotatable bonds is 5. The molecule has 2 N–H and O–H groups in total. The van der Waals surface area contributed by atoms with E-state index in [1.54, 1.807) is 12.1 Å². The number of amides is 2. The molecule has 0 unspecified atom stereocenters. The molecule has 0 atom stereocenters. The maximum atomic E-state index is 13.6. The van der Waals surface area contributed by atoms with Crippen molar-refractivity contribution in [2.24, 2.45) is 11.7 Å². The monoisotopic (exact) mass is 576 g/mol. The average Bonchev–Trinajstić information content (AvgIpc) is 3.33. The molecule has 3 aromatic rings. The van der Waals surface area contributed by atoms with Gasteiger partial charge in [0.05, 0.1) is 10.0 Å².